The number of aliphatic imine (C=N–C) groups is 1. The Hall–Kier alpha value is -0.420. The molecule has 4 nitrogen and oxygen atoms in total. The van der Waals surface area contributed by atoms with Crippen molar-refractivity contribution in [3.8, 4) is 0 Å². The van der Waals surface area contributed by atoms with E-state index in [0.29, 0.717) is 11.9 Å². The molecule has 0 spiro atoms. The number of guanidine groups is 1. The number of hydrogen-bond acceptors (Lipinski definition) is 3. The maximum Gasteiger partial charge on any atom is 0.205 e. The molecule has 0 aliphatic rings. The molecule has 0 bridgehead atoms. The summed E-state index contributed by atoms with van der Waals surface area (Å²) in [6.07, 6.45) is 4.52. The first-order valence-corrected chi connectivity index (χ1v) is 6.84. The number of hydrogen-bond donors (Lipinski definition) is 3. The van der Waals surface area contributed by atoms with Crippen LogP contribution in [-0.2, 0) is 0 Å². The number of nitrogens with one attached hydrogen (secondary N) is 2. The van der Waals surface area contributed by atoms with Crippen molar-refractivity contribution in [3.63, 3.8) is 0 Å². The Bertz CT molecular complexity index is 171. The summed E-state index contributed by atoms with van der Waals surface area (Å²) in [5.74, 6) is 7.83. The number of rotatable bonds is 7. The molecule has 0 saturated carbocycles. The molecule has 0 amide bonds. The van der Waals surface area contributed by atoms with E-state index in [1.807, 2.05) is 11.8 Å². The van der Waals surface area contributed by atoms with Crippen molar-refractivity contribution < 1.29 is 0 Å². The van der Waals surface area contributed by atoms with Crippen molar-refractivity contribution >= 4 is 17.7 Å². The highest BCUT2D eigenvalue weighted by molar-refractivity contribution is 7.98. The number of hydrazine groups is 1. The van der Waals surface area contributed by atoms with Crippen LogP contribution in [0.25, 0.3) is 0 Å². The van der Waals surface area contributed by atoms with Crippen molar-refractivity contribution in [2.75, 3.05) is 25.1 Å². The molecule has 0 aliphatic heterocycles. The lowest BCUT2D eigenvalue weighted by molar-refractivity contribution is 0.654. The molecule has 0 aromatic carbocycles. The van der Waals surface area contributed by atoms with Crippen LogP contribution in [0.1, 0.15) is 26.7 Å². The number of unbranched alkanes of at least 4 members (excludes halogenated alkanes) is 1. The van der Waals surface area contributed by atoms with Gasteiger partial charge in [-0.15, -0.1) is 0 Å². The Labute approximate surface area is 97.5 Å². The summed E-state index contributed by atoms with van der Waals surface area (Å²) in [5, 5.41) is 3.19. The predicted octanol–water partition coefficient (Wildman–Crippen LogP) is 1.19. The summed E-state index contributed by atoms with van der Waals surface area (Å²) in [5.41, 5.74) is 2.58. The van der Waals surface area contributed by atoms with Crippen LogP contribution in [-0.4, -0.2) is 31.1 Å². The van der Waals surface area contributed by atoms with Crippen LogP contribution < -0.4 is 16.6 Å². The van der Waals surface area contributed by atoms with E-state index in [2.05, 4.69) is 35.8 Å². The van der Waals surface area contributed by atoms with Gasteiger partial charge in [-0.05, 0) is 30.8 Å². The molecule has 0 unspecified atom stereocenters. The molecule has 0 aromatic heterocycles. The Morgan fingerprint density at radius 1 is 1.40 bits per heavy atom. The van der Waals surface area contributed by atoms with Gasteiger partial charge in [0.1, 0.15) is 0 Å². The second-order valence-electron chi connectivity index (χ2n) is 3.85. The fourth-order valence-corrected chi connectivity index (χ4v) is 1.50. The lowest BCUT2D eigenvalue weighted by atomic mass is 10.2. The SMILES string of the molecule is CSCCCCNC(=NCC(C)C)NN. The third-order valence-corrected chi connectivity index (χ3v) is 2.52. The fourth-order valence-electron chi connectivity index (χ4n) is 1.00. The van der Waals surface area contributed by atoms with Crippen molar-refractivity contribution in [2.24, 2.45) is 16.8 Å². The third-order valence-electron chi connectivity index (χ3n) is 1.82. The lowest BCUT2D eigenvalue weighted by Crippen LogP contribution is -2.42. The molecule has 4 N–H and O–H groups in total. The average Bonchev–Trinajstić information content (AvgIpc) is 2.22. The van der Waals surface area contributed by atoms with E-state index in [4.69, 9.17) is 5.84 Å². The number of nitrogens with two attached hydrogens (primary N) is 1. The fraction of sp³-hybridized carbons (Fsp3) is 0.900. The Balaban J connectivity index is 3.56. The maximum atomic E-state index is 5.35. The summed E-state index contributed by atoms with van der Waals surface area (Å²) in [4.78, 5) is 4.32. The second kappa shape index (κ2) is 10.1. The first kappa shape index (κ1) is 14.6. The normalized spacial score (nSPS) is 11.9. The van der Waals surface area contributed by atoms with E-state index in [0.717, 1.165) is 19.5 Å². The van der Waals surface area contributed by atoms with Crippen LogP contribution in [0.5, 0.6) is 0 Å². The quantitative estimate of drug-likeness (QED) is 0.203. The van der Waals surface area contributed by atoms with Gasteiger partial charge in [0.2, 0.25) is 5.96 Å². The molecule has 0 atom stereocenters. The highest BCUT2D eigenvalue weighted by atomic mass is 32.2. The van der Waals surface area contributed by atoms with E-state index in [1.54, 1.807) is 0 Å². The Kier molecular flexibility index (Phi) is 9.83. The highest BCUT2D eigenvalue weighted by Gasteiger charge is 1.96. The van der Waals surface area contributed by atoms with Crippen LogP contribution in [0.4, 0.5) is 0 Å². The van der Waals surface area contributed by atoms with Gasteiger partial charge in [-0.2, -0.15) is 11.8 Å². The summed E-state index contributed by atoms with van der Waals surface area (Å²) < 4.78 is 0. The highest BCUT2D eigenvalue weighted by Crippen LogP contribution is 1.97. The molecule has 0 rings (SSSR count). The van der Waals surface area contributed by atoms with Crippen LogP contribution in [0.15, 0.2) is 4.99 Å². The zero-order valence-corrected chi connectivity index (χ0v) is 10.9. The topological polar surface area (TPSA) is 62.4 Å². The Morgan fingerprint density at radius 2 is 2.13 bits per heavy atom. The van der Waals surface area contributed by atoms with Gasteiger partial charge in [0.05, 0.1) is 0 Å². The predicted molar refractivity (Wildman–Crippen MR) is 70.1 cm³/mol. The first-order chi connectivity index (χ1) is 7.20. The van der Waals surface area contributed by atoms with Crippen LogP contribution in [0.2, 0.25) is 0 Å². The van der Waals surface area contributed by atoms with Crippen LogP contribution in [0.3, 0.4) is 0 Å². The van der Waals surface area contributed by atoms with Gasteiger partial charge in [0.15, 0.2) is 0 Å². The minimum absolute atomic E-state index is 0.562. The van der Waals surface area contributed by atoms with E-state index < -0.39 is 0 Å². The maximum absolute atomic E-state index is 5.35. The molecule has 90 valence electrons. The van der Waals surface area contributed by atoms with Crippen molar-refractivity contribution in [3.05, 3.63) is 0 Å². The second-order valence-corrected chi connectivity index (χ2v) is 4.84. The van der Waals surface area contributed by atoms with Crippen molar-refractivity contribution in [2.45, 2.75) is 26.7 Å². The number of thioether (sulfide) groups is 1. The molecule has 0 saturated heterocycles. The minimum atomic E-state index is 0.562. The zero-order valence-electron chi connectivity index (χ0n) is 10.0. The molecular weight excluding hydrogens is 208 g/mol. The van der Waals surface area contributed by atoms with Gasteiger partial charge in [-0.25, -0.2) is 5.84 Å². The smallest absolute Gasteiger partial charge is 0.205 e. The van der Waals surface area contributed by atoms with Gasteiger partial charge < -0.3 is 5.32 Å². The standard InChI is InChI=1S/C10H24N4S/c1-9(2)8-13-10(14-11)12-6-4-5-7-15-3/h9H,4-8,11H2,1-3H3,(H2,12,13,14). The van der Waals surface area contributed by atoms with Gasteiger partial charge in [0, 0.05) is 13.1 Å². The van der Waals surface area contributed by atoms with E-state index in [-0.39, 0.29) is 0 Å². The van der Waals surface area contributed by atoms with Gasteiger partial charge in [-0.1, -0.05) is 13.8 Å². The largest absolute Gasteiger partial charge is 0.355 e. The summed E-state index contributed by atoms with van der Waals surface area (Å²) in [6.45, 7) is 6.01. The molecule has 0 heterocycles. The van der Waals surface area contributed by atoms with E-state index >= 15 is 0 Å². The average molecular weight is 232 g/mol. The summed E-state index contributed by atoms with van der Waals surface area (Å²) in [6, 6.07) is 0. The third kappa shape index (κ3) is 9.87. The van der Waals surface area contributed by atoms with Gasteiger partial charge in [0.25, 0.3) is 0 Å². The summed E-state index contributed by atoms with van der Waals surface area (Å²) in [7, 11) is 0. The van der Waals surface area contributed by atoms with Crippen LogP contribution >= 0.6 is 11.8 Å². The molecule has 15 heavy (non-hydrogen) atoms. The summed E-state index contributed by atoms with van der Waals surface area (Å²) >= 11 is 1.88. The van der Waals surface area contributed by atoms with E-state index in [1.165, 1.54) is 12.2 Å². The monoisotopic (exact) mass is 232 g/mol. The van der Waals surface area contributed by atoms with Crippen LogP contribution in [0, 0.1) is 5.92 Å². The molecule has 0 aromatic rings. The molecule has 0 fully saturated rings. The molecular formula is C10H24N4S. The zero-order chi connectivity index (χ0) is 11.5. The Morgan fingerprint density at radius 3 is 2.67 bits per heavy atom. The lowest BCUT2D eigenvalue weighted by Gasteiger charge is -2.09. The van der Waals surface area contributed by atoms with E-state index in [9.17, 15) is 0 Å². The molecule has 0 aliphatic carbocycles. The minimum Gasteiger partial charge on any atom is -0.355 e. The molecule has 0 radical (unpaired) electrons. The van der Waals surface area contributed by atoms with Gasteiger partial charge in [-0.3, -0.25) is 10.4 Å². The molecule has 5 heteroatoms. The first-order valence-electron chi connectivity index (χ1n) is 5.44. The van der Waals surface area contributed by atoms with Crippen molar-refractivity contribution in [1.82, 2.24) is 10.7 Å². The van der Waals surface area contributed by atoms with Gasteiger partial charge >= 0.3 is 0 Å². The number of nitrogens with zero attached hydrogens (tertiary/aromatic N) is 1. The van der Waals surface area contributed by atoms with Crippen molar-refractivity contribution in [1.29, 1.82) is 0 Å².